The van der Waals surface area contributed by atoms with E-state index < -0.39 is 0 Å². The molecule has 1 aromatic heterocycles. The average molecular weight is 208 g/mol. The summed E-state index contributed by atoms with van der Waals surface area (Å²) in [5, 5.41) is 0. The van der Waals surface area contributed by atoms with Crippen LogP contribution in [-0.2, 0) is 24.1 Å². The summed E-state index contributed by atoms with van der Waals surface area (Å²) >= 11 is 0. The van der Waals surface area contributed by atoms with Crippen molar-refractivity contribution >= 4 is 0 Å². The van der Waals surface area contributed by atoms with Crippen molar-refractivity contribution in [3.63, 3.8) is 0 Å². The maximum atomic E-state index is 5.05. The molecule has 84 valence electrons. The van der Waals surface area contributed by atoms with E-state index in [-0.39, 0.29) is 0 Å². The Morgan fingerprint density at radius 2 is 2.47 bits per heavy atom. The fourth-order valence-corrected chi connectivity index (χ4v) is 2.16. The summed E-state index contributed by atoms with van der Waals surface area (Å²) in [6, 6.07) is 0. The van der Waals surface area contributed by atoms with E-state index in [1.807, 2.05) is 0 Å². The lowest BCUT2D eigenvalue weighted by Crippen LogP contribution is -2.16. The first-order chi connectivity index (χ1) is 7.29. The molecule has 2 rings (SSSR count). The second-order valence-corrected chi connectivity index (χ2v) is 4.54. The average Bonchev–Trinajstić information content (AvgIpc) is 2.60. The van der Waals surface area contributed by atoms with E-state index in [1.54, 1.807) is 7.11 Å². The number of methoxy groups -OCH3 is 1. The Morgan fingerprint density at radius 1 is 1.60 bits per heavy atom. The van der Waals surface area contributed by atoms with E-state index in [0.29, 0.717) is 0 Å². The molecule has 0 N–H and O–H groups in total. The minimum atomic E-state index is 0.798. The molecule has 0 bridgehead atoms. The Morgan fingerprint density at radius 3 is 3.27 bits per heavy atom. The van der Waals surface area contributed by atoms with Gasteiger partial charge < -0.3 is 9.30 Å². The maximum Gasteiger partial charge on any atom is 0.109 e. The van der Waals surface area contributed by atoms with Crippen LogP contribution < -0.4 is 0 Å². The predicted octanol–water partition coefficient (Wildman–Crippen LogP) is 2.04. The topological polar surface area (TPSA) is 27.1 Å². The van der Waals surface area contributed by atoms with Crippen molar-refractivity contribution < 1.29 is 4.74 Å². The van der Waals surface area contributed by atoms with Crippen LogP contribution in [0.15, 0.2) is 6.20 Å². The Bertz CT molecular complexity index is 319. The third kappa shape index (κ3) is 2.59. The largest absolute Gasteiger partial charge is 0.385 e. The SMILES string of the molecule is COCCCc1cn2c(n1)CC(C)CC2. The van der Waals surface area contributed by atoms with Gasteiger partial charge >= 0.3 is 0 Å². The van der Waals surface area contributed by atoms with Crippen molar-refractivity contribution in [2.45, 2.75) is 39.2 Å². The van der Waals surface area contributed by atoms with E-state index in [0.717, 1.165) is 38.3 Å². The lowest BCUT2D eigenvalue weighted by Gasteiger charge is -2.18. The number of aromatic nitrogens is 2. The third-order valence-electron chi connectivity index (χ3n) is 3.08. The van der Waals surface area contributed by atoms with E-state index in [1.165, 1.54) is 17.9 Å². The molecule has 0 saturated carbocycles. The second-order valence-electron chi connectivity index (χ2n) is 4.54. The molecule has 1 aliphatic rings. The molecule has 0 aliphatic carbocycles. The summed E-state index contributed by atoms with van der Waals surface area (Å²) in [5.74, 6) is 2.08. The van der Waals surface area contributed by atoms with Crippen molar-refractivity contribution in [2.75, 3.05) is 13.7 Å². The molecule has 1 unspecified atom stereocenters. The van der Waals surface area contributed by atoms with Crippen LogP contribution in [0.25, 0.3) is 0 Å². The third-order valence-corrected chi connectivity index (χ3v) is 3.08. The highest BCUT2D eigenvalue weighted by molar-refractivity contribution is 5.07. The van der Waals surface area contributed by atoms with Crippen LogP contribution in [0.2, 0.25) is 0 Å². The predicted molar refractivity (Wildman–Crippen MR) is 59.9 cm³/mol. The molecule has 0 radical (unpaired) electrons. The maximum absolute atomic E-state index is 5.05. The number of imidazole rings is 1. The zero-order valence-electron chi connectivity index (χ0n) is 9.70. The van der Waals surface area contributed by atoms with Crippen molar-refractivity contribution in [3.05, 3.63) is 17.7 Å². The fourth-order valence-electron chi connectivity index (χ4n) is 2.16. The lowest BCUT2D eigenvalue weighted by atomic mass is 10.0. The Balaban J connectivity index is 1.96. The zero-order valence-corrected chi connectivity index (χ0v) is 9.70. The van der Waals surface area contributed by atoms with Crippen molar-refractivity contribution in [1.82, 2.24) is 9.55 Å². The van der Waals surface area contributed by atoms with Crippen LogP contribution in [0.5, 0.6) is 0 Å². The minimum absolute atomic E-state index is 0.798. The second kappa shape index (κ2) is 4.79. The molecule has 1 aromatic rings. The number of ether oxygens (including phenoxy) is 1. The quantitative estimate of drug-likeness (QED) is 0.708. The highest BCUT2D eigenvalue weighted by Gasteiger charge is 2.16. The Kier molecular flexibility index (Phi) is 3.41. The molecule has 3 nitrogen and oxygen atoms in total. The normalized spacial score (nSPS) is 20.3. The van der Waals surface area contributed by atoms with Gasteiger partial charge in [-0.15, -0.1) is 0 Å². The number of nitrogens with zero attached hydrogens (tertiary/aromatic N) is 2. The zero-order chi connectivity index (χ0) is 10.7. The monoisotopic (exact) mass is 208 g/mol. The smallest absolute Gasteiger partial charge is 0.109 e. The number of hydrogen-bond acceptors (Lipinski definition) is 2. The van der Waals surface area contributed by atoms with E-state index in [4.69, 9.17) is 4.74 Å². The van der Waals surface area contributed by atoms with Gasteiger partial charge in [0.05, 0.1) is 5.69 Å². The Hall–Kier alpha value is -0.830. The molecule has 0 amide bonds. The fraction of sp³-hybridized carbons (Fsp3) is 0.750. The first kappa shape index (κ1) is 10.7. The summed E-state index contributed by atoms with van der Waals surface area (Å²) in [6.07, 6.45) is 6.77. The van der Waals surface area contributed by atoms with Crippen LogP contribution in [0.4, 0.5) is 0 Å². The highest BCUT2D eigenvalue weighted by Crippen LogP contribution is 2.19. The van der Waals surface area contributed by atoms with Gasteiger partial charge in [-0.05, 0) is 25.2 Å². The van der Waals surface area contributed by atoms with Crippen molar-refractivity contribution in [2.24, 2.45) is 5.92 Å². The number of aryl methyl sites for hydroxylation is 2. The van der Waals surface area contributed by atoms with E-state index in [2.05, 4.69) is 22.7 Å². The van der Waals surface area contributed by atoms with Gasteiger partial charge in [-0.1, -0.05) is 6.92 Å². The molecule has 2 heterocycles. The van der Waals surface area contributed by atoms with E-state index in [9.17, 15) is 0 Å². The van der Waals surface area contributed by atoms with Crippen LogP contribution in [0.1, 0.15) is 31.3 Å². The molecule has 0 spiro atoms. The van der Waals surface area contributed by atoms with Crippen LogP contribution in [0.3, 0.4) is 0 Å². The molecular formula is C12H20N2O. The first-order valence-electron chi connectivity index (χ1n) is 5.83. The summed E-state index contributed by atoms with van der Waals surface area (Å²) in [7, 11) is 1.75. The van der Waals surface area contributed by atoms with Gasteiger partial charge in [-0.25, -0.2) is 4.98 Å². The van der Waals surface area contributed by atoms with Gasteiger partial charge in [0.15, 0.2) is 0 Å². The van der Waals surface area contributed by atoms with Crippen molar-refractivity contribution in [1.29, 1.82) is 0 Å². The van der Waals surface area contributed by atoms with Gasteiger partial charge in [0, 0.05) is 32.9 Å². The van der Waals surface area contributed by atoms with Gasteiger partial charge in [-0.2, -0.15) is 0 Å². The molecule has 1 atom stereocenters. The molecule has 0 aromatic carbocycles. The van der Waals surface area contributed by atoms with E-state index >= 15 is 0 Å². The van der Waals surface area contributed by atoms with Crippen LogP contribution >= 0.6 is 0 Å². The first-order valence-corrected chi connectivity index (χ1v) is 5.83. The van der Waals surface area contributed by atoms with Gasteiger partial charge in [-0.3, -0.25) is 0 Å². The van der Waals surface area contributed by atoms with Crippen molar-refractivity contribution in [3.8, 4) is 0 Å². The van der Waals surface area contributed by atoms with Crippen LogP contribution in [0, 0.1) is 5.92 Å². The summed E-state index contributed by atoms with van der Waals surface area (Å²) in [4.78, 5) is 4.68. The molecular weight excluding hydrogens is 188 g/mol. The molecule has 0 saturated heterocycles. The molecule has 3 heteroatoms. The Labute approximate surface area is 91.5 Å². The molecule has 15 heavy (non-hydrogen) atoms. The molecule has 1 aliphatic heterocycles. The summed E-state index contributed by atoms with van der Waals surface area (Å²) in [6.45, 7) is 4.29. The lowest BCUT2D eigenvalue weighted by molar-refractivity contribution is 0.195. The summed E-state index contributed by atoms with van der Waals surface area (Å²) in [5.41, 5.74) is 1.23. The number of hydrogen-bond donors (Lipinski definition) is 0. The summed E-state index contributed by atoms with van der Waals surface area (Å²) < 4.78 is 7.37. The highest BCUT2D eigenvalue weighted by atomic mass is 16.5. The number of rotatable bonds is 4. The number of fused-ring (bicyclic) bond motifs is 1. The molecule has 0 fully saturated rings. The minimum Gasteiger partial charge on any atom is -0.385 e. The van der Waals surface area contributed by atoms with Gasteiger partial charge in [0.25, 0.3) is 0 Å². The van der Waals surface area contributed by atoms with Gasteiger partial charge in [0.1, 0.15) is 5.82 Å². The van der Waals surface area contributed by atoms with Gasteiger partial charge in [0.2, 0.25) is 0 Å². The van der Waals surface area contributed by atoms with Crippen LogP contribution in [-0.4, -0.2) is 23.3 Å². The standard InChI is InChI=1S/C12H20N2O/c1-10-5-6-14-9-11(4-3-7-15-2)13-12(14)8-10/h9-10H,3-8H2,1-2H3.